The van der Waals surface area contributed by atoms with Crippen LogP contribution in [0.2, 0.25) is 0 Å². The summed E-state index contributed by atoms with van der Waals surface area (Å²) in [5.41, 5.74) is 11.3. The summed E-state index contributed by atoms with van der Waals surface area (Å²) in [7, 11) is 0. The lowest BCUT2D eigenvalue weighted by molar-refractivity contribution is -0.143. The Balaban J connectivity index is 6.23. The first-order valence-corrected chi connectivity index (χ1v) is 23.4. The van der Waals surface area contributed by atoms with Crippen molar-refractivity contribution in [2.45, 2.75) is 161 Å². The van der Waals surface area contributed by atoms with Crippen molar-refractivity contribution in [2.75, 3.05) is 25.5 Å². The average Bonchev–Trinajstić information content (AvgIpc) is 3.27. The summed E-state index contributed by atoms with van der Waals surface area (Å²) in [5.74, 6) is -12.4. The molecule has 0 aromatic heterocycles. The first-order chi connectivity index (χ1) is 32.1. The maximum atomic E-state index is 13.9. The van der Waals surface area contributed by atoms with Crippen molar-refractivity contribution in [3.05, 3.63) is 0 Å². The van der Waals surface area contributed by atoms with Crippen LogP contribution in [0.25, 0.3) is 0 Å². The zero-order valence-electron chi connectivity index (χ0n) is 40.7. The molecule has 0 aliphatic rings. The van der Waals surface area contributed by atoms with Crippen LogP contribution in [0.5, 0.6) is 0 Å². The van der Waals surface area contributed by atoms with Crippen LogP contribution in [-0.2, 0) is 47.9 Å². The van der Waals surface area contributed by atoms with Crippen molar-refractivity contribution in [2.24, 2.45) is 29.2 Å². The van der Waals surface area contributed by atoms with Crippen LogP contribution in [0, 0.1) is 17.8 Å². The molecule has 27 heteroatoms. The van der Waals surface area contributed by atoms with Crippen molar-refractivity contribution < 1.29 is 73.5 Å². The van der Waals surface area contributed by atoms with Gasteiger partial charge in [0.25, 0.3) is 0 Å². The third-order valence-corrected chi connectivity index (χ3v) is 11.2. The predicted molar refractivity (Wildman–Crippen MR) is 252 cm³/mol. The third kappa shape index (κ3) is 21.6. The van der Waals surface area contributed by atoms with Crippen LogP contribution in [-0.4, -0.2) is 183 Å². The van der Waals surface area contributed by atoms with E-state index in [1.54, 1.807) is 27.7 Å². The normalized spacial score (nSPS) is 17.0. The Kier molecular flexibility index (Phi) is 29.4. The highest BCUT2D eigenvalue weighted by molar-refractivity contribution is 7.80. The highest BCUT2D eigenvalue weighted by Crippen LogP contribution is 2.12. The van der Waals surface area contributed by atoms with Gasteiger partial charge in [-0.05, 0) is 64.3 Å². The number of thiol groups is 1. The van der Waals surface area contributed by atoms with Gasteiger partial charge in [0.1, 0.15) is 54.4 Å². The van der Waals surface area contributed by atoms with Crippen molar-refractivity contribution >= 4 is 71.8 Å². The third-order valence-electron chi connectivity index (χ3n) is 10.8. The molecule has 13 atom stereocenters. The fraction of sp³-hybridized carbons (Fsp3) is 0.762. The van der Waals surface area contributed by atoms with E-state index in [4.69, 9.17) is 11.5 Å². The van der Waals surface area contributed by atoms with Gasteiger partial charge in [-0.25, -0.2) is 4.79 Å². The summed E-state index contributed by atoms with van der Waals surface area (Å²) in [6.07, 6.45) is -1.75. The number of unbranched alkanes of at least 4 members (excludes halogenated alkanes) is 1. The van der Waals surface area contributed by atoms with Gasteiger partial charge in [-0.2, -0.15) is 12.6 Å². The minimum absolute atomic E-state index is 0.178. The number of hydrogen-bond acceptors (Lipinski definition) is 17. The summed E-state index contributed by atoms with van der Waals surface area (Å²) in [5, 5.41) is 71.0. The minimum Gasteiger partial charge on any atom is -0.480 e. The van der Waals surface area contributed by atoms with Gasteiger partial charge in [0.15, 0.2) is 0 Å². The van der Waals surface area contributed by atoms with Crippen molar-refractivity contribution in [3.63, 3.8) is 0 Å². The first kappa shape index (κ1) is 63.8. The average molecular weight is 1010 g/mol. The molecule has 0 aliphatic carbocycles. The summed E-state index contributed by atoms with van der Waals surface area (Å²) < 4.78 is 0. The van der Waals surface area contributed by atoms with E-state index >= 15 is 0 Å². The summed E-state index contributed by atoms with van der Waals surface area (Å²) in [4.78, 5) is 131. The molecule has 9 amide bonds. The Morgan fingerprint density at radius 3 is 1.22 bits per heavy atom. The lowest BCUT2D eigenvalue weighted by Crippen LogP contribution is -2.64. The van der Waals surface area contributed by atoms with E-state index in [-0.39, 0.29) is 12.8 Å². The zero-order valence-corrected chi connectivity index (χ0v) is 41.6. The van der Waals surface area contributed by atoms with Gasteiger partial charge in [0.2, 0.25) is 53.2 Å². The Hall–Kier alpha value is -5.19. The van der Waals surface area contributed by atoms with Crippen LogP contribution < -0.4 is 59.3 Å². The molecular weight excluding hydrogens is 931 g/mol. The molecule has 18 N–H and O–H groups in total. The van der Waals surface area contributed by atoms with Gasteiger partial charge >= 0.3 is 5.97 Å². The Labute approximate surface area is 407 Å². The van der Waals surface area contributed by atoms with E-state index in [2.05, 4.69) is 60.5 Å². The smallest absolute Gasteiger partial charge is 0.328 e. The maximum absolute atomic E-state index is 13.9. The molecule has 0 rings (SSSR count). The Morgan fingerprint density at radius 2 is 0.826 bits per heavy atom. The van der Waals surface area contributed by atoms with Gasteiger partial charge in [-0.15, -0.1) is 0 Å². The van der Waals surface area contributed by atoms with E-state index in [9.17, 15) is 73.5 Å². The van der Waals surface area contributed by atoms with Gasteiger partial charge in [0.05, 0.1) is 31.5 Å². The molecule has 0 fully saturated rings. The fourth-order valence-electron chi connectivity index (χ4n) is 6.25. The van der Waals surface area contributed by atoms with Gasteiger partial charge in [-0.1, -0.05) is 48.0 Å². The number of carbonyl (C=O) groups is 10. The van der Waals surface area contributed by atoms with Crippen LogP contribution in [0.1, 0.15) is 88.0 Å². The molecule has 0 spiro atoms. The molecule has 69 heavy (non-hydrogen) atoms. The molecule has 0 heterocycles. The maximum Gasteiger partial charge on any atom is 0.328 e. The molecule has 396 valence electrons. The van der Waals surface area contributed by atoms with E-state index < -0.39 is 168 Å². The van der Waals surface area contributed by atoms with Crippen LogP contribution in [0.3, 0.4) is 0 Å². The number of hydrogen-bond donors (Lipinski definition) is 17. The standard InChI is InChI=1S/C42H77N11O15S/c1-10-20(6)30(51-41(66)32(23(9)57)52-38(63)29(19(4)5)49-34(59)24(13-11-12-14-43)45-33(58)21(7)44)39(64)53-31(22(8)56)40(65)48-27(17-69)36(61)46-25(15-54)35(60)50-28(18(2)3)37(62)47-26(16-55)42(67)68/h18-32,54-57,69H,10-17,43-44H2,1-9H3,(H,45,58)(H,46,61)(H,47,62)(H,48,65)(H,49,59)(H,50,60)(H,51,66)(H,52,63)(H,53,64)(H,67,68)/t20-,21-,22+,23+,24-,25-,26-,27-,28-,29-,30-,31-,32-/m0/s1. The first-order valence-electron chi connectivity index (χ1n) is 22.7. The Morgan fingerprint density at radius 1 is 0.478 bits per heavy atom. The molecule has 0 unspecified atom stereocenters. The second-order valence-electron chi connectivity index (χ2n) is 17.5. The van der Waals surface area contributed by atoms with E-state index in [1.165, 1.54) is 27.7 Å². The number of carbonyl (C=O) groups excluding carboxylic acids is 9. The topological polar surface area (TPSA) is 432 Å². The lowest BCUT2D eigenvalue weighted by Gasteiger charge is -2.31. The lowest BCUT2D eigenvalue weighted by atomic mass is 9.96. The van der Waals surface area contributed by atoms with Gasteiger partial charge in [-0.3, -0.25) is 43.2 Å². The number of aliphatic carboxylic acids is 1. The minimum atomic E-state index is -1.79. The van der Waals surface area contributed by atoms with Crippen molar-refractivity contribution in [1.29, 1.82) is 0 Å². The summed E-state index contributed by atoms with van der Waals surface area (Å²) in [6, 6.07) is -14.6. The number of rotatable bonds is 32. The second-order valence-corrected chi connectivity index (χ2v) is 17.9. The number of nitrogens with one attached hydrogen (secondary N) is 9. The molecule has 0 bridgehead atoms. The second kappa shape index (κ2) is 31.8. The van der Waals surface area contributed by atoms with Crippen molar-refractivity contribution in [3.8, 4) is 0 Å². The van der Waals surface area contributed by atoms with Crippen LogP contribution in [0.15, 0.2) is 0 Å². The largest absolute Gasteiger partial charge is 0.480 e. The molecule has 0 aromatic rings. The molecule has 0 aromatic carbocycles. The number of nitrogens with two attached hydrogens (primary N) is 2. The number of carboxylic acids is 1. The van der Waals surface area contributed by atoms with Gasteiger partial charge in [0, 0.05) is 5.75 Å². The monoisotopic (exact) mass is 1010 g/mol. The molecule has 0 saturated heterocycles. The quantitative estimate of drug-likeness (QED) is 0.0220. The molecule has 0 radical (unpaired) electrons. The fourth-order valence-corrected chi connectivity index (χ4v) is 6.51. The predicted octanol–water partition coefficient (Wildman–Crippen LogP) is -6.06. The van der Waals surface area contributed by atoms with Crippen molar-refractivity contribution in [1.82, 2.24) is 47.9 Å². The summed E-state index contributed by atoms with van der Waals surface area (Å²) in [6.45, 7) is 11.6. The van der Waals surface area contributed by atoms with E-state index in [1.807, 2.05) is 0 Å². The highest BCUT2D eigenvalue weighted by Gasteiger charge is 2.38. The summed E-state index contributed by atoms with van der Waals surface area (Å²) >= 11 is 4.09. The van der Waals surface area contributed by atoms with E-state index in [0.717, 1.165) is 6.92 Å². The number of amides is 9. The van der Waals surface area contributed by atoms with Crippen LogP contribution in [0.4, 0.5) is 0 Å². The molecular formula is C42H77N11O15S. The van der Waals surface area contributed by atoms with Gasteiger partial charge < -0.3 is 84.9 Å². The number of aliphatic hydroxyl groups is 4. The SMILES string of the molecule is CC[C@H](C)[C@H](NC(=O)[C@@H](NC(=O)[C@@H](NC(=O)[C@H](CCCCN)NC(=O)[C@H](C)N)C(C)C)[C@@H](C)O)C(=O)N[C@H](C(=O)N[C@@H](CS)C(=O)N[C@@H](CO)C(=O)N[C@H](C(=O)N[C@@H](CO)C(=O)O)C(C)C)[C@@H](C)O. The molecule has 0 saturated carbocycles. The highest BCUT2D eigenvalue weighted by atomic mass is 32.1. The zero-order chi connectivity index (χ0) is 53.5. The van der Waals surface area contributed by atoms with E-state index in [0.29, 0.717) is 19.4 Å². The molecule has 26 nitrogen and oxygen atoms in total. The van der Waals surface area contributed by atoms with Crippen LogP contribution >= 0.6 is 12.6 Å². The molecule has 0 aliphatic heterocycles. The number of aliphatic hydroxyl groups excluding tert-OH is 4. The Bertz CT molecular complexity index is 1740. The number of carboxylic acid groups (broad SMARTS) is 1.